The van der Waals surface area contributed by atoms with Crippen LogP contribution in [0.2, 0.25) is 0 Å². The van der Waals surface area contributed by atoms with Gasteiger partial charge in [-0.2, -0.15) is 0 Å². The highest BCUT2D eigenvalue weighted by molar-refractivity contribution is 14.0. The fraction of sp³-hybridized carbons (Fsp3) is 0.650. The van der Waals surface area contributed by atoms with Gasteiger partial charge in [0.25, 0.3) is 0 Å². The zero-order chi connectivity index (χ0) is 19.4. The highest BCUT2D eigenvalue weighted by Gasteiger charge is 2.07. The molecule has 1 aromatic rings. The predicted octanol–water partition coefficient (Wildman–Crippen LogP) is 4.19. The van der Waals surface area contributed by atoms with Gasteiger partial charge in [0.1, 0.15) is 11.6 Å². The third-order valence-corrected chi connectivity index (χ3v) is 4.33. The maximum absolute atomic E-state index is 13.2. The molecule has 0 radical (unpaired) electrons. The summed E-state index contributed by atoms with van der Waals surface area (Å²) in [5, 5.41) is 6.63. The Morgan fingerprint density at radius 1 is 1.11 bits per heavy atom. The molecule has 0 aliphatic heterocycles. The molecule has 1 aromatic carbocycles. The summed E-state index contributed by atoms with van der Waals surface area (Å²) in [5.41, 5.74) is 0.620. The topological polar surface area (TPSA) is 39.7 Å². The first kappa shape index (κ1) is 26.0. The van der Waals surface area contributed by atoms with E-state index in [4.69, 9.17) is 0 Å². The second-order valence-corrected chi connectivity index (χ2v) is 6.50. The molecule has 2 N–H and O–H groups in total. The Labute approximate surface area is 180 Å². The Morgan fingerprint density at radius 2 is 1.74 bits per heavy atom. The van der Waals surface area contributed by atoms with E-state index < -0.39 is 11.6 Å². The van der Waals surface area contributed by atoms with Crippen molar-refractivity contribution in [2.45, 2.75) is 53.0 Å². The van der Waals surface area contributed by atoms with Crippen LogP contribution in [0.3, 0.4) is 0 Å². The minimum atomic E-state index is -0.546. The number of hydrogen-bond acceptors (Lipinski definition) is 2. The lowest BCUT2D eigenvalue weighted by Crippen LogP contribution is -2.42. The Balaban J connectivity index is 0.00000676. The quantitative estimate of drug-likeness (QED) is 0.274. The maximum Gasteiger partial charge on any atom is 0.191 e. The molecule has 0 aliphatic rings. The SMILES string of the molecule is CCNC(=NCCc1cc(F)cc(F)c1)NC(C)CCCN(CC)CC.I. The number of hydrogen-bond donors (Lipinski definition) is 2. The Kier molecular flexibility index (Phi) is 14.5. The van der Waals surface area contributed by atoms with Crippen molar-refractivity contribution in [3.8, 4) is 0 Å². The lowest BCUT2D eigenvalue weighted by molar-refractivity contribution is 0.292. The molecule has 0 heterocycles. The maximum atomic E-state index is 13.2. The van der Waals surface area contributed by atoms with Gasteiger partial charge in [-0.05, 0) is 70.4 Å². The van der Waals surface area contributed by atoms with Crippen molar-refractivity contribution in [1.29, 1.82) is 0 Å². The van der Waals surface area contributed by atoms with Crippen molar-refractivity contribution in [3.05, 3.63) is 35.4 Å². The zero-order valence-electron chi connectivity index (χ0n) is 17.0. The van der Waals surface area contributed by atoms with Crippen molar-refractivity contribution >= 4 is 29.9 Å². The molecule has 4 nitrogen and oxygen atoms in total. The Morgan fingerprint density at radius 3 is 2.30 bits per heavy atom. The van der Waals surface area contributed by atoms with Crippen LogP contribution in [0, 0.1) is 11.6 Å². The first-order valence-electron chi connectivity index (χ1n) is 9.70. The number of aliphatic imine (C=N–C) groups is 1. The number of halogens is 3. The molecule has 0 fully saturated rings. The largest absolute Gasteiger partial charge is 0.357 e. The van der Waals surface area contributed by atoms with Gasteiger partial charge in [0.2, 0.25) is 0 Å². The molecular weight excluding hydrogens is 461 g/mol. The van der Waals surface area contributed by atoms with E-state index >= 15 is 0 Å². The normalized spacial score (nSPS) is 12.6. The summed E-state index contributed by atoms with van der Waals surface area (Å²) in [6.45, 7) is 13.1. The van der Waals surface area contributed by atoms with Crippen LogP contribution in [0.1, 0.15) is 46.1 Å². The van der Waals surface area contributed by atoms with Crippen LogP contribution in [0.5, 0.6) is 0 Å². The van der Waals surface area contributed by atoms with Crippen molar-refractivity contribution in [1.82, 2.24) is 15.5 Å². The van der Waals surface area contributed by atoms with Crippen molar-refractivity contribution < 1.29 is 8.78 Å². The molecule has 0 aliphatic carbocycles. The summed E-state index contributed by atoms with van der Waals surface area (Å²) < 4.78 is 26.5. The third kappa shape index (κ3) is 11.5. The summed E-state index contributed by atoms with van der Waals surface area (Å²) >= 11 is 0. The third-order valence-electron chi connectivity index (χ3n) is 4.33. The van der Waals surface area contributed by atoms with E-state index in [9.17, 15) is 8.78 Å². The molecule has 0 amide bonds. The molecule has 0 saturated carbocycles. The Bertz CT molecular complexity index is 531. The van der Waals surface area contributed by atoms with E-state index in [1.165, 1.54) is 12.1 Å². The number of benzene rings is 1. The number of nitrogens with zero attached hydrogens (tertiary/aromatic N) is 2. The van der Waals surface area contributed by atoms with Gasteiger partial charge in [-0.25, -0.2) is 8.78 Å². The average Bonchev–Trinajstić information content (AvgIpc) is 2.58. The number of rotatable bonds is 11. The molecule has 0 aromatic heterocycles. The van der Waals surface area contributed by atoms with Gasteiger partial charge in [-0.15, -0.1) is 24.0 Å². The molecule has 1 atom stereocenters. The van der Waals surface area contributed by atoms with Gasteiger partial charge >= 0.3 is 0 Å². The van der Waals surface area contributed by atoms with Gasteiger partial charge in [0.05, 0.1) is 0 Å². The summed E-state index contributed by atoms with van der Waals surface area (Å²) in [7, 11) is 0. The minimum Gasteiger partial charge on any atom is -0.357 e. The van der Waals surface area contributed by atoms with E-state index in [2.05, 4.69) is 41.3 Å². The van der Waals surface area contributed by atoms with E-state index in [0.717, 1.165) is 51.0 Å². The van der Waals surface area contributed by atoms with Crippen LogP contribution >= 0.6 is 24.0 Å². The molecule has 1 unspecified atom stereocenters. The molecular formula is C20H35F2IN4. The van der Waals surface area contributed by atoms with Crippen LogP contribution in [-0.2, 0) is 6.42 Å². The second kappa shape index (κ2) is 15.0. The monoisotopic (exact) mass is 496 g/mol. The van der Waals surface area contributed by atoms with Crippen molar-refractivity contribution in [2.24, 2.45) is 4.99 Å². The molecule has 27 heavy (non-hydrogen) atoms. The average molecular weight is 496 g/mol. The second-order valence-electron chi connectivity index (χ2n) is 6.50. The molecule has 0 bridgehead atoms. The van der Waals surface area contributed by atoms with Crippen molar-refractivity contribution in [2.75, 3.05) is 32.7 Å². The predicted molar refractivity (Wildman–Crippen MR) is 121 cm³/mol. The van der Waals surface area contributed by atoms with Crippen LogP contribution in [-0.4, -0.2) is 49.6 Å². The fourth-order valence-electron chi connectivity index (χ4n) is 2.84. The van der Waals surface area contributed by atoms with Crippen LogP contribution < -0.4 is 10.6 Å². The minimum absolute atomic E-state index is 0. The number of nitrogens with one attached hydrogen (secondary N) is 2. The standard InChI is InChI=1S/C20H34F2N4.HI/c1-5-23-20(25-16(4)9-8-12-26(6-2)7-3)24-11-10-17-13-18(21)15-19(22)14-17;/h13-16H,5-12H2,1-4H3,(H2,23,24,25);1H. The van der Waals surface area contributed by atoms with Crippen LogP contribution in [0.4, 0.5) is 8.78 Å². The number of guanidine groups is 1. The van der Waals surface area contributed by atoms with Gasteiger partial charge in [0.15, 0.2) is 5.96 Å². The van der Waals surface area contributed by atoms with Gasteiger partial charge in [-0.1, -0.05) is 13.8 Å². The molecule has 0 spiro atoms. The van der Waals surface area contributed by atoms with Gasteiger partial charge < -0.3 is 15.5 Å². The van der Waals surface area contributed by atoms with E-state index in [0.29, 0.717) is 24.6 Å². The first-order chi connectivity index (χ1) is 12.5. The van der Waals surface area contributed by atoms with Crippen LogP contribution in [0.15, 0.2) is 23.2 Å². The van der Waals surface area contributed by atoms with E-state index in [1.54, 1.807) is 0 Å². The fourth-order valence-corrected chi connectivity index (χ4v) is 2.84. The smallest absolute Gasteiger partial charge is 0.191 e. The zero-order valence-corrected chi connectivity index (χ0v) is 19.4. The lowest BCUT2D eigenvalue weighted by Gasteiger charge is -2.21. The summed E-state index contributed by atoms with van der Waals surface area (Å²) in [6, 6.07) is 3.91. The summed E-state index contributed by atoms with van der Waals surface area (Å²) in [4.78, 5) is 6.94. The van der Waals surface area contributed by atoms with E-state index in [1.807, 2.05) is 6.92 Å². The lowest BCUT2D eigenvalue weighted by atomic mass is 10.1. The highest BCUT2D eigenvalue weighted by atomic mass is 127. The molecule has 0 saturated heterocycles. The summed E-state index contributed by atoms with van der Waals surface area (Å²) in [5.74, 6) is -0.341. The van der Waals surface area contributed by atoms with Gasteiger partial charge in [0, 0.05) is 25.2 Å². The first-order valence-corrected chi connectivity index (χ1v) is 9.70. The molecule has 1 rings (SSSR count). The summed E-state index contributed by atoms with van der Waals surface area (Å²) in [6.07, 6.45) is 2.70. The van der Waals surface area contributed by atoms with Gasteiger partial charge in [-0.3, -0.25) is 4.99 Å². The highest BCUT2D eigenvalue weighted by Crippen LogP contribution is 2.08. The van der Waals surface area contributed by atoms with Crippen molar-refractivity contribution in [3.63, 3.8) is 0 Å². The Hall–Kier alpha value is -0.960. The molecule has 7 heteroatoms. The molecule has 156 valence electrons. The van der Waals surface area contributed by atoms with Crippen LogP contribution in [0.25, 0.3) is 0 Å². The van der Waals surface area contributed by atoms with E-state index in [-0.39, 0.29) is 24.0 Å².